The Kier molecular flexibility index (Phi) is 5.47. The lowest BCUT2D eigenvalue weighted by Crippen LogP contribution is -2.29. The third kappa shape index (κ3) is 3.83. The number of anilines is 2. The van der Waals surface area contributed by atoms with Crippen LogP contribution in [0.1, 0.15) is 23.1 Å². The Labute approximate surface area is 158 Å². The molecule has 0 aliphatic carbocycles. The van der Waals surface area contributed by atoms with Crippen LogP contribution in [-0.2, 0) is 19.5 Å². The Morgan fingerprint density at radius 1 is 1.04 bits per heavy atom. The van der Waals surface area contributed by atoms with Gasteiger partial charge < -0.3 is 10.6 Å². The number of benzene rings is 2. The van der Waals surface area contributed by atoms with Gasteiger partial charge in [0.1, 0.15) is 5.82 Å². The van der Waals surface area contributed by atoms with Gasteiger partial charge in [-0.1, -0.05) is 18.2 Å². The number of hydrogen-bond donors (Lipinski definition) is 1. The Morgan fingerprint density at radius 3 is 2.65 bits per heavy atom. The number of hydrogen-bond acceptors (Lipinski definition) is 3. The average molecular weight is 373 g/mol. The number of fused-ring (bicyclic) bond motifs is 1. The van der Waals surface area contributed by atoms with Gasteiger partial charge in [-0.3, -0.25) is 4.68 Å². The van der Waals surface area contributed by atoms with Gasteiger partial charge in [-0.25, -0.2) is 4.39 Å². The molecule has 6 heteroatoms. The quantitative estimate of drug-likeness (QED) is 0.703. The summed E-state index contributed by atoms with van der Waals surface area (Å²) in [7, 11) is 0. The highest BCUT2D eigenvalue weighted by Gasteiger charge is 2.19. The van der Waals surface area contributed by atoms with Crippen LogP contribution in [0.25, 0.3) is 0 Å². The molecule has 2 heterocycles. The van der Waals surface area contributed by atoms with Crippen molar-refractivity contribution in [1.82, 2.24) is 9.78 Å². The summed E-state index contributed by atoms with van der Waals surface area (Å²) in [5.41, 5.74) is 11.7. The van der Waals surface area contributed by atoms with Crippen LogP contribution in [-0.4, -0.2) is 16.3 Å². The topological polar surface area (TPSA) is 47.1 Å². The molecule has 1 aliphatic rings. The first kappa shape index (κ1) is 18.3. The first-order chi connectivity index (χ1) is 12.2. The fourth-order valence-corrected chi connectivity index (χ4v) is 3.46. The minimum atomic E-state index is -0.215. The summed E-state index contributed by atoms with van der Waals surface area (Å²) < 4.78 is 14.9. The number of nitrogens with two attached hydrogens (primary N) is 1. The first-order valence-electron chi connectivity index (χ1n) is 8.57. The van der Waals surface area contributed by atoms with E-state index >= 15 is 0 Å². The highest BCUT2D eigenvalue weighted by molar-refractivity contribution is 5.85. The van der Waals surface area contributed by atoms with Crippen molar-refractivity contribution >= 4 is 23.8 Å². The maximum atomic E-state index is 13.0. The number of halogens is 2. The van der Waals surface area contributed by atoms with Crippen LogP contribution in [0.2, 0.25) is 0 Å². The van der Waals surface area contributed by atoms with E-state index in [0.717, 1.165) is 42.7 Å². The van der Waals surface area contributed by atoms with E-state index in [1.165, 1.54) is 23.4 Å². The predicted octanol–water partition coefficient (Wildman–Crippen LogP) is 4.03. The van der Waals surface area contributed by atoms with Gasteiger partial charge in [0.05, 0.1) is 12.7 Å². The Bertz CT molecular complexity index is 876. The summed E-state index contributed by atoms with van der Waals surface area (Å²) in [4.78, 5) is 2.37. The van der Waals surface area contributed by atoms with E-state index in [2.05, 4.69) is 22.3 Å². The molecule has 3 aromatic rings. The second kappa shape index (κ2) is 7.79. The van der Waals surface area contributed by atoms with Crippen molar-refractivity contribution in [2.75, 3.05) is 17.2 Å². The monoisotopic (exact) mass is 372 g/mol. The molecule has 0 spiro atoms. The third-order valence-corrected chi connectivity index (χ3v) is 4.70. The molecule has 2 aromatic carbocycles. The zero-order chi connectivity index (χ0) is 17.2. The molecule has 26 heavy (non-hydrogen) atoms. The second-order valence-corrected chi connectivity index (χ2v) is 6.54. The standard InChI is InChI=1S/C20H21FN4.ClH/c21-17-8-6-15(7-9-17)13-25-14-16(11-23-25)12-24-10-2-3-18-19(22)4-1-5-20(18)24;/h1,4-9,11,14H,2-3,10,12-13,22H2;1H. The number of aromatic nitrogens is 2. The number of rotatable bonds is 4. The van der Waals surface area contributed by atoms with Crippen LogP contribution in [0.3, 0.4) is 0 Å². The molecule has 0 fully saturated rings. The highest BCUT2D eigenvalue weighted by Crippen LogP contribution is 2.32. The van der Waals surface area contributed by atoms with Crippen LogP contribution >= 0.6 is 12.4 Å². The zero-order valence-corrected chi connectivity index (χ0v) is 15.3. The molecule has 0 saturated carbocycles. The molecule has 2 N–H and O–H groups in total. The molecule has 0 radical (unpaired) electrons. The summed E-state index contributed by atoms with van der Waals surface area (Å²) in [6.45, 7) is 2.49. The molecule has 0 unspecified atom stereocenters. The van der Waals surface area contributed by atoms with Crippen LogP contribution in [0, 0.1) is 5.82 Å². The van der Waals surface area contributed by atoms with E-state index in [0.29, 0.717) is 6.54 Å². The molecule has 0 atom stereocenters. The lowest BCUT2D eigenvalue weighted by molar-refractivity contribution is 0.624. The fourth-order valence-electron chi connectivity index (χ4n) is 3.46. The smallest absolute Gasteiger partial charge is 0.123 e. The van der Waals surface area contributed by atoms with Gasteiger partial charge in [0, 0.05) is 36.2 Å². The lowest BCUT2D eigenvalue weighted by atomic mass is 9.99. The minimum Gasteiger partial charge on any atom is -0.398 e. The van der Waals surface area contributed by atoms with Crippen molar-refractivity contribution in [3.63, 3.8) is 0 Å². The molecule has 4 nitrogen and oxygen atoms in total. The summed E-state index contributed by atoms with van der Waals surface area (Å²) in [5.74, 6) is -0.215. The van der Waals surface area contributed by atoms with E-state index in [9.17, 15) is 4.39 Å². The van der Waals surface area contributed by atoms with Gasteiger partial charge in [0.25, 0.3) is 0 Å². The Morgan fingerprint density at radius 2 is 1.85 bits per heavy atom. The minimum absolute atomic E-state index is 0. The van der Waals surface area contributed by atoms with E-state index in [1.54, 1.807) is 12.1 Å². The van der Waals surface area contributed by atoms with Gasteiger partial charge in [-0.05, 0) is 48.2 Å². The van der Waals surface area contributed by atoms with Crippen molar-refractivity contribution < 1.29 is 4.39 Å². The molecule has 0 saturated heterocycles. The third-order valence-electron chi connectivity index (χ3n) is 4.70. The summed E-state index contributed by atoms with van der Waals surface area (Å²) in [6.07, 6.45) is 6.13. The van der Waals surface area contributed by atoms with Crippen molar-refractivity contribution in [3.8, 4) is 0 Å². The zero-order valence-electron chi connectivity index (χ0n) is 14.4. The van der Waals surface area contributed by atoms with Crippen molar-refractivity contribution in [3.05, 3.63) is 77.4 Å². The fraction of sp³-hybridized carbons (Fsp3) is 0.250. The molecule has 1 aliphatic heterocycles. The van der Waals surface area contributed by atoms with Crippen LogP contribution < -0.4 is 10.6 Å². The maximum Gasteiger partial charge on any atom is 0.123 e. The molecule has 4 rings (SSSR count). The highest BCUT2D eigenvalue weighted by atomic mass is 35.5. The molecule has 0 bridgehead atoms. The van der Waals surface area contributed by atoms with Gasteiger partial charge in [0.2, 0.25) is 0 Å². The van der Waals surface area contributed by atoms with E-state index in [4.69, 9.17) is 5.73 Å². The van der Waals surface area contributed by atoms with E-state index in [-0.39, 0.29) is 18.2 Å². The van der Waals surface area contributed by atoms with Gasteiger partial charge in [-0.15, -0.1) is 12.4 Å². The molecular weight excluding hydrogens is 351 g/mol. The predicted molar refractivity (Wildman–Crippen MR) is 105 cm³/mol. The van der Waals surface area contributed by atoms with Gasteiger partial charge in [-0.2, -0.15) is 5.10 Å². The SMILES string of the molecule is Cl.Nc1cccc2c1CCCN2Cc1cnn(Cc2ccc(F)cc2)c1. The van der Waals surface area contributed by atoms with E-state index in [1.807, 2.05) is 23.0 Å². The second-order valence-electron chi connectivity index (χ2n) is 6.54. The summed E-state index contributed by atoms with van der Waals surface area (Å²) >= 11 is 0. The number of nitrogens with zero attached hydrogens (tertiary/aromatic N) is 3. The van der Waals surface area contributed by atoms with Crippen molar-refractivity contribution in [1.29, 1.82) is 0 Å². The first-order valence-corrected chi connectivity index (χ1v) is 8.57. The van der Waals surface area contributed by atoms with Crippen LogP contribution in [0.4, 0.5) is 15.8 Å². The molecule has 1 aromatic heterocycles. The average Bonchev–Trinajstić information content (AvgIpc) is 3.05. The van der Waals surface area contributed by atoms with Gasteiger partial charge in [0.15, 0.2) is 0 Å². The lowest BCUT2D eigenvalue weighted by Gasteiger charge is -2.31. The normalized spacial score (nSPS) is 13.2. The maximum absolute atomic E-state index is 13.0. The van der Waals surface area contributed by atoms with Gasteiger partial charge >= 0.3 is 0 Å². The summed E-state index contributed by atoms with van der Waals surface area (Å²) in [5, 5.41) is 4.44. The van der Waals surface area contributed by atoms with Crippen molar-refractivity contribution in [2.24, 2.45) is 0 Å². The molecular formula is C20H22ClFN4. The number of nitrogen functional groups attached to an aromatic ring is 1. The Balaban J connectivity index is 0.00000196. The Hall–Kier alpha value is -2.53. The van der Waals surface area contributed by atoms with E-state index < -0.39 is 0 Å². The molecule has 0 amide bonds. The van der Waals surface area contributed by atoms with Crippen LogP contribution in [0.15, 0.2) is 54.9 Å². The van der Waals surface area contributed by atoms with Crippen molar-refractivity contribution in [2.45, 2.75) is 25.9 Å². The molecule has 136 valence electrons. The largest absolute Gasteiger partial charge is 0.398 e. The van der Waals surface area contributed by atoms with Crippen LogP contribution in [0.5, 0.6) is 0 Å². The summed E-state index contributed by atoms with van der Waals surface area (Å²) in [6, 6.07) is 12.7.